The fourth-order valence-corrected chi connectivity index (χ4v) is 3.44. The van der Waals surface area contributed by atoms with Gasteiger partial charge in [-0.3, -0.25) is 4.79 Å². The van der Waals surface area contributed by atoms with Crippen LogP contribution in [0.2, 0.25) is 0 Å². The molecular formula is C20H17FN2O3. The van der Waals surface area contributed by atoms with Gasteiger partial charge in [0.05, 0.1) is 12.7 Å². The van der Waals surface area contributed by atoms with Crippen molar-refractivity contribution in [3.8, 4) is 0 Å². The van der Waals surface area contributed by atoms with Crippen LogP contribution in [0.15, 0.2) is 42.5 Å². The Morgan fingerprint density at radius 2 is 2.00 bits per heavy atom. The summed E-state index contributed by atoms with van der Waals surface area (Å²) in [5, 5.41) is 0.902. The highest BCUT2D eigenvalue weighted by Crippen LogP contribution is 2.29. The molecule has 26 heavy (non-hydrogen) atoms. The van der Waals surface area contributed by atoms with E-state index in [0.717, 1.165) is 22.2 Å². The maximum absolute atomic E-state index is 13.4. The van der Waals surface area contributed by atoms with Crippen LogP contribution in [0.3, 0.4) is 0 Å². The number of aromatic amines is 1. The molecule has 0 fully saturated rings. The van der Waals surface area contributed by atoms with E-state index in [2.05, 4.69) is 4.98 Å². The SMILES string of the molecule is COC(=O)c1ccc2[nH]c3c(c2c1)CN(C(=O)c1cccc(F)c1)CC3. The summed E-state index contributed by atoms with van der Waals surface area (Å²) in [6.45, 7) is 0.967. The van der Waals surface area contributed by atoms with Crippen LogP contribution in [0, 0.1) is 5.82 Å². The third kappa shape index (κ3) is 2.73. The van der Waals surface area contributed by atoms with Crippen LogP contribution in [-0.4, -0.2) is 35.4 Å². The van der Waals surface area contributed by atoms with Crippen LogP contribution < -0.4 is 0 Å². The van der Waals surface area contributed by atoms with E-state index in [1.807, 2.05) is 6.07 Å². The summed E-state index contributed by atoms with van der Waals surface area (Å²) in [5.74, 6) is -1.03. The highest BCUT2D eigenvalue weighted by molar-refractivity contribution is 5.97. The number of hydrogen-bond acceptors (Lipinski definition) is 3. The lowest BCUT2D eigenvalue weighted by Gasteiger charge is -2.27. The Morgan fingerprint density at radius 1 is 1.15 bits per heavy atom. The van der Waals surface area contributed by atoms with E-state index in [9.17, 15) is 14.0 Å². The molecule has 1 amide bonds. The normalized spacial score (nSPS) is 13.5. The number of hydrogen-bond donors (Lipinski definition) is 1. The maximum atomic E-state index is 13.4. The van der Waals surface area contributed by atoms with Gasteiger partial charge >= 0.3 is 5.97 Å². The smallest absolute Gasteiger partial charge is 0.337 e. The molecule has 1 aliphatic heterocycles. The molecule has 0 spiro atoms. The summed E-state index contributed by atoms with van der Waals surface area (Å²) >= 11 is 0. The molecule has 6 heteroatoms. The quantitative estimate of drug-likeness (QED) is 0.720. The minimum atomic E-state index is -0.427. The third-order valence-corrected chi connectivity index (χ3v) is 4.76. The number of methoxy groups -OCH3 is 1. The van der Waals surface area contributed by atoms with E-state index in [4.69, 9.17) is 4.74 Å². The first kappa shape index (κ1) is 16.3. The average molecular weight is 352 g/mol. The van der Waals surface area contributed by atoms with Crippen molar-refractivity contribution in [1.29, 1.82) is 0 Å². The van der Waals surface area contributed by atoms with Gasteiger partial charge in [-0.25, -0.2) is 9.18 Å². The number of benzene rings is 2. The second-order valence-corrected chi connectivity index (χ2v) is 6.32. The van der Waals surface area contributed by atoms with Crippen molar-refractivity contribution in [2.45, 2.75) is 13.0 Å². The largest absolute Gasteiger partial charge is 0.465 e. The van der Waals surface area contributed by atoms with Gasteiger partial charge in [0.25, 0.3) is 5.91 Å². The molecule has 3 aromatic rings. The number of H-pyrrole nitrogens is 1. The molecule has 0 atom stereocenters. The number of nitrogens with one attached hydrogen (secondary N) is 1. The second-order valence-electron chi connectivity index (χ2n) is 6.32. The predicted molar refractivity (Wildman–Crippen MR) is 94.5 cm³/mol. The number of halogens is 1. The zero-order valence-electron chi connectivity index (χ0n) is 14.2. The van der Waals surface area contributed by atoms with Crippen LogP contribution in [0.4, 0.5) is 4.39 Å². The molecule has 4 rings (SSSR count). The highest BCUT2D eigenvalue weighted by Gasteiger charge is 2.25. The Balaban J connectivity index is 1.69. The van der Waals surface area contributed by atoms with E-state index in [1.165, 1.54) is 25.3 Å². The van der Waals surface area contributed by atoms with E-state index in [1.54, 1.807) is 23.1 Å². The van der Waals surface area contributed by atoms with Gasteiger partial charge < -0.3 is 14.6 Å². The number of nitrogens with zero attached hydrogens (tertiary/aromatic N) is 1. The summed E-state index contributed by atoms with van der Waals surface area (Å²) in [6.07, 6.45) is 0.679. The lowest BCUT2D eigenvalue weighted by Crippen LogP contribution is -2.35. The summed E-state index contributed by atoms with van der Waals surface area (Å²) < 4.78 is 18.2. The molecule has 0 saturated carbocycles. The second kappa shape index (κ2) is 6.29. The van der Waals surface area contributed by atoms with Crippen LogP contribution in [0.1, 0.15) is 32.0 Å². The maximum Gasteiger partial charge on any atom is 0.337 e. The molecule has 132 valence electrons. The van der Waals surface area contributed by atoms with Crippen LogP contribution in [0.5, 0.6) is 0 Å². The van der Waals surface area contributed by atoms with Crippen molar-refractivity contribution in [3.05, 3.63) is 70.7 Å². The Bertz CT molecular complexity index is 1030. The number of rotatable bonds is 2. The topological polar surface area (TPSA) is 62.4 Å². The molecule has 5 nitrogen and oxygen atoms in total. The molecule has 0 radical (unpaired) electrons. The summed E-state index contributed by atoms with van der Waals surface area (Å²) in [6, 6.07) is 11.1. The van der Waals surface area contributed by atoms with Crippen molar-refractivity contribution in [3.63, 3.8) is 0 Å². The number of esters is 1. The van der Waals surface area contributed by atoms with Crippen molar-refractivity contribution >= 4 is 22.8 Å². The minimum absolute atomic E-state index is 0.200. The predicted octanol–water partition coefficient (Wildman–Crippen LogP) is 3.29. The zero-order chi connectivity index (χ0) is 18.3. The Morgan fingerprint density at radius 3 is 2.77 bits per heavy atom. The Labute approximate surface area is 149 Å². The number of amides is 1. The van der Waals surface area contributed by atoms with Gasteiger partial charge in [-0.2, -0.15) is 0 Å². The van der Waals surface area contributed by atoms with Crippen LogP contribution in [0.25, 0.3) is 10.9 Å². The van der Waals surface area contributed by atoms with Gasteiger partial charge in [0.2, 0.25) is 0 Å². The van der Waals surface area contributed by atoms with Gasteiger partial charge in [0.15, 0.2) is 0 Å². The first-order chi connectivity index (χ1) is 12.6. The Hall–Kier alpha value is -3.15. The number of aromatic nitrogens is 1. The van der Waals surface area contributed by atoms with Gasteiger partial charge in [0.1, 0.15) is 5.82 Å². The number of ether oxygens (including phenoxy) is 1. The number of fused-ring (bicyclic) bond motifs is 3. The van der Waals surface area contributed by atoms with E-state index in [-0.39, 0.29) is 5.91 Å². The van der Waals surface area contributed by atoms with Gasteiger partial charge in [-0.05, 0) is 36.4 Å². The van der Waals surface area contributed by atoms with Crippen molar-refractivity contribution < 1.29 is 18.7 Å². The molecule has 1 aliphatic rings. The molecule has 2 aromatic carbocycles. The molecule has 0 aliphatic carbocycles. The first-order valence-electron chi connectivity index (χ1n) is 8.33. The van der Waals surface area contributed by atoms with Gasteiger partial charge in [0, 0.05) is 47.2 Å². The number of carbonyl (C=O) groups is 2. The lowest BCUT2D eigenvalue weighted by molar-refractivity contribution is 0.0600. The van der Waals surface area contributed by atoms with Gasteiger partial charge in [-0.15, -0.1) is 0 Å². The standard InChI is InChI=1S/C20H17FN2O3/c1-26-20(25)13-5-6-17-15(10-13)16-11-23(8-7-18(16)22-17)19(24)12-3-2-4-14(21)9-12/h2-6,9-10,22H,7-8,11H2,1H3. The van der Waals surface area contributed by atoms with E-state index in [0.29, 0.717) is 30.6 Å². The molecule has 0 unspecified atom stereocenters. The van der Waals surface area contributed by atoms with E-state index < -0.39 is 11.8 Å². The molecule has 0 saturated heterocycles. The molecule has 2 heterocycles. The lowest BCUT2D eigenvalue weighted by atomic mass is 10.0. The third-order valence-electron chi connectivity index (χ3n) is 4.76. The zero-order valence-corrected chi connectivity index (χ0v) is 14.2. The van der Waals surface area contributed by atoms with Crippen molar-refractivity contribution in [2.24, 2.45) is 0 Å². The summed E-state index contributed by atoms with van der Waals surface area (Å²) in [4.78, 5) is 29.6. The number of carbonyl (C=O) groups excluding carboxylic acids is 2. The van der Waals surface area contributed by atoms with Crippen molar-refractivity contribution in [1.82, 2.24) is 9.88 Å². The highest BCUT2D eigenvalue weighted by atomic mass is 19.1. The fraction of sp³-hybridized carbons (Fsp3) is 0.200. The summed E-state index contributed by atoms with van der Waals surface area (Å²) in [7, 11) is 1.35. The van der Waals surface area contributed by atoms with Crippen LogP contribution >= 0.6 is 0 Å². The molecule has 1 aromatic heterocycles. The molecule has 1 N–H and O–H groups in total. The summed E-state index contributed by atoms with van der Waals surface area (Å²) in [5.41, 5.74) is 3.77. The van der Waals surface area contributed by atoms with Gasteiger partial charge in [-0.1, -0.05) is 6.07 Å². The minimum Gasteiger partial charge on any atom is -0.465 e. The van der Waals surface area contributed by atoms with E-state index >= 15 is 0 Å². The first-order valence-corrected chi connectivity index (χ1v) is 8.33. The Kier molecular flexibility index (Phi) is 3.95. The monoisotopic (exact) mass is 352 g/mol. The fourth-order valence-electron chi connectivity index (χ4n) is 3.44. The average Bonchev–Trinajstić information content (AvgIpc) is 3.03. The van der Waals surface area contributed by atoms with Crippen molar-refractivity contribution in [2.75, 3.05) is 13.7 Å². The molecule has 0 bridgehead atoms. The molecular weight excluding hydrogens is 335 g/mol. The van der Waals surface area contributed by atoms with Crippen LogP contribution in [-0.2, 0) is 17.7 Å².